The molecule has 0 spiro atoms. The fourth-order valence-corrected chi connectivity index (χ4v) is 3.38. The first kappa shape index (κ1) is 16.5. The Labute approximate surface area is 140 Å². The number of carbonyl (C=O) groups is 3. The van der Waals surface area contributed by atoms with Crippen molar-refractivity contribution in [3.05, 3.63) is 17.5 Å². The molecule has 0 radical (unpaired) electrons. The zero-order valence-electron chi connectivity index (χ0n) is 14.3. The van der Waals surface area contributed by atoms with Gasteiger partial charge in [0.25, 0.3) is 11.8 Å². The van der Waals surface area contributed by atoms with Crippen LogP contribution in [0.1, 0.15) is 53.6 Å². The highest BCUT2D eigenvalue weighted by Crippen LogP contribution is 2.27. The van der Waals surface area contributed by atoms with Gasteiger partial charge in [0, 0.05) is 26.2 Å². The van der Waals surface area contributed by atoms with Gasteiger partial charge in [0.1, 0.15) is 11.2 Å². The number of fused-ring (bicyclic) bond motifs is 1. The van der Waals surface area contributed by atoms with Crippen LogP contribution in [0.3, 0.4) is 0 Å². The van der Waals surface area contributed by atoms with Crippen molar-refractivity contribution in [1.82, 2.24) is 25.3 Å². The normalized spacial score (nSPS) is 24.0. The van der Waals surface area contributed by atoms with Crippen LogP contribution in [0.5, 0.6) is 0 Å². The van der Waals surface area contributed by atoms with Gasteiger partial charge in [0.05, 0.1) is 6.54 Å². The standard InChI is InChI=1S/C16H23N5O3/c1-16(15(24)18-10-6-4-5-7-10)9-21-12(14(23)20(16)3)8-11(19-21)13(22)17-2/h8,10H,4-7,9H2,1-3H3,(H,17,22)(H,18,24). The van der Waals surface area contributed by atoms with Crippen molar-refractivity contribution in [2.45, 2.75) is 50.7 Å². The van der Waals surface area contributed by atoms with Gasteiger partial charge in [-0.3, -0.25) is 19.1 Å². The number of rotatable bonds is 3. The zero-order valence-corrected chi connectivity index (χ0v) is 14.3. The van der Waals surface area contributed by atoms with Crippen LogP contribution in [0.15, 0.2) is 6.07 Å². The Balaban J connectivity index is 1.87. The molecule has 2 heterocycles. The lowest BCUT2D eigenvalue weighted by Crippen LogP contribution is -2.63. The van der Waals surface area contributed by atoms with Gasteiger partial charge in [-0.1, -0.05) is 12.8 Å². The van der Waals surface area contributed by atoms with E-state index < -0.39 is 5.54 Å². The van der Waals surface area contributed by atoms with E-state index in [1.807, 2.05) is 0 Å². The monoisotopic (exact) mass is 333 g/mol. The van der Waals surface area contributed by atoms with Gasteiger partial charge in [0.15, 0.2) is 5.69 Å². The second kappa shape index (κ2) is 5.92. The average Bonchev–Trinajstić information content (AvgIpc) is 3.21. The van der Waals surface area contributed by atoms with Crippen molar-refractivity contribution >= 4 is 17.7 Å². The SMILES string of the molecule is CNC(=O)c1cc2n(n1)CC(C)(C(=O)NC1CCCC1)N(C)C2=O. The molecule has 0 bridgehead atoms. The van der Waals surface area contributed by atoms with Crippen LogP contribution in [-0.2, 0) is 11.3 Å². The highest BCUT2D eigenvalue weighted by Gasteiger charge is 2.46. The molecular formula is C16H23N5O3. The molecular weight excluding hydrogens is 310 g/mol. The quantitative estimate of drug-likeness (QED) is 0.823. The van der Waals surface area contributed by atoms with Crippen molar-refractivity contribution in [2.75, 3.05) is 14.1 Å². The van der Waals surface area contributed by atoms with E-state index in [9.17, 15) is 14.4 Å². The van der Waals surface area contributed by atoms with E-state index in [1.54, 1.807) is 14.0 Å². The third-order valence-electron chi connectivity index (χ3n) is 5.14. The minimum absolute atomic E-state index is 0.173. The Bertz CT molecular complexity index is 692. The molecule has 8 heteroatoms. The lowest BCUT2D eigenvalue weighted by Gasteiger charge is -2.41. The van der Waals surface area contributed by atoms with Crippen LogP contribution in [0.4, 0.5) is 0 Å². The first-order valence-corrected chi connectivity index (χ1v) is 8.26. The number of hydrogen-bond donors (Lipinski definition) is 2. The molecule has 1 unspecified atom stereocenters. The second-order valence-electron chi connectivity index (χ2n) is 6.74. The molecule has 8 nitrogen and oxygen atoms in total. The maximum absolute atomic E-state index is 12.8. The van der Waals surface area contributed by atoms with E-state index >= 15 is 0 Å². The smallest absolute Gasteiger partial charge is 0.272 e. The van der Waals surface area contributed by atoms with Crippen LogP contribution < -0.4 is 10.6 Å². The molecule has 24 heavy (non-hydrogen) atoms. The third-order valence-corrected chi connectivity index (χ3v) is 5.14. The van der Waals surface area contributed by atoms with Gasteiger partial charge in [-0.05, 0) is 19.8 Å². The third kappa shape index (κ3) is 2.55. The number of amides is 3. The molecule has 2 aliphatic rings. The number of aromatic nitrogens is 2. The van der Waals surface area contributed by atoms with Crippen LogP contribution in [0.25, 0.3) is 0 Å². The van der Waals surface area contributed by atoms with Gasteiger partial charge in [0.2, 0.25) is 5.91 Å². The molecule has 1 aliphatic heterocycles. The fraction of sp³-hybridized carbons (Fsp3) is 0.625. The Morgan fingerprint density at radius 3 is 2.62 bits per heavy atom. The molecule has 1 saturated carbocycles. The van der Waals surface area contributed by atoms with Gasteiger partial charge in [-0.25, -0.2) is 0 Å². The molecule has 3 rings (SSSR count). The highest BCUT2D eigenvalue weighted by molar-refractivity contribution is 6.01. The summed E-state index contributed by atoms with van der Waals surface area (Å²) < 4.78 is 1.46. The van der Waals surface area contributed by atoms with Crippen LogP contribution in [0, 0.1) is 0 Å². The van der Waals surface area contributed by atoms with E-state index in [0.717, 1.165) is 25.7 Å². The number of nitrogens with one attached hydrogen (secondary N) is 2. The largest absolute Gasteiger partial charge is 0.354 e. The summed E-state index contributed by atoms with van der Waals surface area (Å²) in [6.07, 6.45) is 4.20. The molecule has 0 saturated heterocycles. The predicted molar refractivity (Wildman–Crippen MR) is 86.5 cm³/mol. The molecule has 0 aromatic carbocycles. The summed E-state index contributed by atoms with van der Waals surface area (Å²) >= 11 is 0. The van der Waals surface area contributed by atoms with E-state index in [-0.39, 0.29) is 36.0 Å². The summed E-state index contributed by atoms with van der Waals surface area (Å²) in [7, 11) is 3.13. The minimum Gasteiger partial charge on any atom is -0.354 e. The molecule has 1 aromatic heterocycles. The van der Waals surface area contributed by atoms with Crippen LogP contribution in [0.2, 0.25) is 0 Å². The van der Waals surface area contributed by atoms with Gasteiger partial charge in [-0.15, -0.1) is 0 Å². The summed E-state index contributed by atoms with van der Waals surface area (Å²) in [4.78, 5) is 38.7. The van der Waals surface area contributed by atoms with E-state index in [0.29, 0.717) is 5.69 Å². The van der Waals surface area contributed by atoms with Crippen molar-refractivity contribution in [1.29, 1.82) is 0 Å². The molecule has 1 aliphatic carbocycles. The molecule has 1 atom stereocenters. The zero-order chi connectivity index (χ0) is 17.5. The fourth-order valence-electron chi connectivity index (χ4n) is 3.38. The predicted octanol–water partition coefficient (Wildman–Crippen LogP) is 0.146. The molecule has 1 fully saturated rings. The molecule has 2 N–H and O–H groups in total. The lowest BCUT2D eigenvalue weighted by molar-refractivity contribution is -0.133. The van der Waals surface area contributed by atoms with E-state index in [2.05, 4.69) is 15.7 Å². The van der Waals surface area contributed by atoms with E-state index in [4.69, 9.17) is 0 Å². The summed E-state index contributed by atoms with van der Waals surface area (Å²) in [5, 5.41) is 9.74. The number of hydrogen-bond acceptors (Lipinski definition) is 4. The van der Waals surface area contributed by atoms with Gasteiger partial charge in [-0.2, -0.15) is 5.10 Å². The van der Waals surface area contributed by atoms with Gasteiger partial charge < -0.3 is 15.5 Å². The van der Waals surface area contributed by atoms with Gasteiger partial charge >= 0.3 is 0 Å². The number of nitrogens with zero attached hydrogens (tertiary/aromatic N) is 3. The van der Waals surface area contributed by atoms with Crippen LogP contribution >= 0.6 is 0 Å². The number of likely N-dealkylation sites (N-methyl/N-ethyl adjacent to an activating group) is 1. The Morgan fingerprint density at radius 2 is 2.00 bits per heavy atom. The Kier molecular flexibility index (Phi) is 4.06. The second-order valence-corrected chi connectivity index (χ2v) is 6.74. The van der Waals surface area contributed by atoms with Crippen molar-refractivity contribution in [3.8, 4) is 0 Å². The van der Waals surface area contributed by atoms with Crippen molar-refractivity contribution < 1.29 is 14.4 Å². The van der Waals surface area contributed by atoms with Crippen molar-refractivity contribution in [3.63, 3.8) is 0 Å². The Hall–Kier alpha value is -2.38. The lowest BCUT2D eigenvalue weighted by atomic mass is 9.95. The summed E-state index contributed by atoms with van der Waals surface area (Å²) in [5.41, 5.74) is -0.532. The topological polar surface area (TPSA) is 96.3 Å². The summed E-state index contributed by atoms with van der Waals surface area (Å²) in [6.45, 7) is 1.96. The van der Waals surface area contributed by atoms with Crippen LogP contribution in [-0.4, -0.2) is 58.1 Å². The minimum atomic E-state index is -1.03. The summed E-state index contributed by atoms with van der Waals surface area (Å²) in [6, 6.07) is 1.64. The first-order chi connectivity index (χ1) is 11.4. The summed E-state index contributed by atoms with van der Waals surface area (Å²) in [5.74, 6) is -0.842. The first-order valence-electron chi connectivity index (χ1n) is 8.26. The van der Waals surface area contributed by atoms with E-state index in [1.165, 1.54) is 22.7 Å². The maximum Gasteiger partial charge on any atom is 0.272 e. The average molecular weight is 333 g/mol. The molecule has 130 valence electrons. The van der Waals surface area contributed by atoms with Crippen molar-refractivity contribution in [2.24, 2.45) is 0 Å². The Morgan fingerprint density at radius 1 is 1.33 bits per heavy atom. The highest BCUT2D eigenvalue weighted by atomic mass is 16.2. The maximum atomic E-state index is 12.8. The number of carbonyl (C=O) groups excluding carboxylic acids is 3. The molecule has 1 aromatic rings. The molecule has 3 amide bonds.